The number of hydrogen-bond acceptors (Lipinski definition) is 3. The topological polar surface area (TPSA) is 41.6 Å². The average molecular weight is 288 g/mol. The molecule has 0 bridgehead atoms. The highest BCUT2D eigenvalue weighted by Crippen LogP contribution is 2.30. The smallest absolute Gasteiger partial charge is 0.234 e. The largest absolute Gasteiger partial charge is 0.370 e. The number of hydrogen-bond donors (Lipinski definition) is 1. The molecule has 1 aromatic rings. The SMILES string of the molecule is CC1COC(c2ccccc2)C(C)N1CC(=O)NC1CC1. The Morgan fingerprint density at radius 1 is 1.29 bits per heavy atom. The minimum absolute atomic E-state index is 0.0381. The van der Waals surface area contributed by atoms with Crippen LogP contribution in [0.1, 0.15) is 38.4 Å². The molecule has 0 spiro atoms. The van der Waals surface area contributed by atoms with Crippen molar-refractivity contribution >= 4 is 5.91 Å². The van der Waals surface area contributed by atoms with Crippen LogP contribution < -0.4 is 5.32 Å². The van der Waals surface area contributed by atoms with Crippen LogP contribution in [0.25, 0.3) is 0 Å². The van der Waals surface area contributed by atoms with E-state index in [9.17, 15) is 4.79 Å². The maximum atomic E-state index is 12.1. The Morgan fingerprint density at radius 3 is 2.67 bits per heavy atom. The standard InChI is InChI=1S/C17H24N2O2/c1-12-11-21-17(14-6-4-3-5-7-14)13(2)19(12)10-16(20)18-15-8-9-15/h3-7,12-13,15,17H,8-11H2,1-2H3,(H,18,20). The zero-order valence-electron chi connectivity index (χ0n) is 12.8. The maximum absolute atomic E-state index is 12.1. The van der Waals surface area contributed by atoms with Crippen LogP contribution in [-0.2, 0) is 9.53 Å². The van der Waals surface area contributed by atoms with Gasteiger partial charge in [0.25, 0.3) is 0 Å². The van der Waals surface area contributed by atoms with Gasteiger partial charge in [-0.25, -0.2) is 0 Å². The lowest BCUT2D eigenvalue weighted by molar-refractivity contribution is -0.132. The molecular weight excluding hydrogens is 264 g/mol. The first-order valence-electron chi connectivity index (χ1n) is 7.87. The number of amides is 1. The van der Waals surface area contributed by atoms with E-state index in [1.165, 1.54) is 5.56 Å². The third-order valence-corrected chi connectivity index (χ3v) is 4.44. The van der Waals surface area contributed by atoms with Crippen LogP contribution in [0.3, 0.4) is 0 Å². The van der Waals surface area contributed by atoms with Crippen LogP contribution in [0.5, 0.6) is 0 Å². The minimum atomic E-state index is 0.0381. The van der Waals surface area contributed by atoms with E-state index in [2.05, 4.69) is 36.2 Å². The molecule has 0 radical (unpaired) electrons. The Hall–Kier alpha value is -1.39. The van der Waals surface area contributed by atoms with Crippen LogP contribution >= 0.6 is 0 Å². The summed E-state index contributed by atoms with van der Waals surface area (Å²) in [6.45, 7) is 5.41. The molecule has 1 aromatic carbocycles. The van der Waals surface area contributed by atoms with Crippen molar-refractivity contribution in [2.75, 3.05) is 13.2 Å². The summed E-state index contributed by atoms with van der Waals surface area (Å²) in [5, 5.41) is 3.08. The Morgan fingerprint density at radius 2 is 2.00 bits per heavy atom. The van der Waals surface area contributed by atoms with Gasteiger partial charge in [0.2, 0.25) is 5.91 Å². The number of carbonyl (C=O) groups is 1. The second-order valence-electron chi connectivity index (χ2n) is 6.27. The van der Waals surface area contributed by atoms with E-state index in [0.717, 1.165) is 12.8 Å². The van der Waals surface area contributed by atoms with E-state index in [1.807, 2.05) is 18.2 Å². The van der Waals surface area contributed by atoms with Crippen molar-refractivity contribution in [3.05, 3.63) is 35.9 Å². The molecule has 21 heavy (non-hydrogen) atoms. The van der Waals surface area contributed by atoms with Gasteiger partial charge in [-0.1, -0.05) is 30.3 Å². The molecule has 1 aliphatic heterocycles. The van der Waals surface area contributed by atoms with Crippen molar-refractivity contribution in [2.24, 2.45) is 0 Å². The Labute approximate surface area is 126 Å². The van der Waals surface area contributed by atoms with Gasteiger partial charge in [-0.05, 0) is 32.3 Å². The number of nitrogens with one attached hydrogen (secondary N) is 1. The summed E-state index contributed by atoms with van der Waals surface area (Å²) in [5.74, 6) is 0.143. The van der Waals surface area contributed by atoms with Crippen LogP contribution in [0.15, 0.2) is 30.3 Å². The van der Waals surface area contributed by atoms with Crippen LogP contribution in [0.2, 0.25) is 0 Å². The van der Waals surface area contributed by atoms with Crippen molar-refractivity contribution in [1.29, 1.82) is 0 Å². The summed E-state index contributed by atoms with van der Waals surface area (Å²) in [4.78, 5) is 14.4. The summed E-state index contributed by atoms with van der Waals surface area (Å²) in [6, 6.07) is 11.2. The lowest BCUT2D eigenvalue weighted by Gasteiger charge is -2.43. The first-order chi connectivity index (χ1) is 10.1. The Bertz CT molecular complexity index is 487. The molecule has 1 N–H and O–H groups in total. The zero-order valence-corrected chi connectivity index (χ0v) is 12.8. The fourth-order valence-corrected chi connectivity index (χ4v) is 3.04. The average Bonchev–Trinajstić information content (AvgIpc) is 3.28. The highest BCUT2D eigenvalue weighted by molar-refractivity contribution is 5.78. The monoisotopic (exact) mass is 288 g/mol. The third kappa shape index (κ3) is 3.44. The van der Waals surface area contributed by atoms with Crippen molar-refractivity contribution in [1.82, 2.24) is 10.2 Å². The molecule has 4 nitrogen and oxygen atoms in total. The van der Waals surface area contributed by atoms with Gasteiger partial charge in [-0.3, -0.25) is 9.69 Å². The van der Waals surface area contributed by atoms with E-state index in [0.29, 0.717) is 19.2 Å². The second-order valence-corrected chi connectivity index (χ2v) is 6.27. The van der Waals surface area contributed by atoms with Gasteiger partial charge < -0.3 is 10.1 Å². The van der Waals surface area contributed by atoms with Crippen molar-refractivity contribution in [2.45, 2.75) is 50.9 Å². The molecule has 3 atom stereocenters. The van der Waals surface area contributed by atoms with Gasteiger partial charge in [0, 0.05) is 18.1 Å². The first-order valence-corrected chi connectivity index (χ1v) is 7.87. The van der Waals surface area contributed by atoms with Crippen LogP contribution in [-0.4, -0.2) is 42.1 Å². The molecule has 3 unspecified atom stereocenters. The quantitative estimate of drug-likeness (QED) is 0.922. The molecule has 1 amide bonds. The third-order valence-electron chi connectivity index (χ3n) is 4.44. The van der Waals surface area contributed by atoms with Gasteiger partial charge >= 0.3 is 0 Å². The predicted molar refractivity (Wildman–Crippen MR) is 81.9 cm³/mol. The van der Waals surface area contributed by atoms with E-state index >= 15 is 0 Å². The molecule has 2 fully saturated rings. The number of nitrogens with zero attached hydrogens (tertiary/aromatic N) is 1. The summed E-state index contributed by atoms with van der Waals surface area (Å²) in [7, 11) is 0. The molecule has 1 aliphatic carbocycles. The highest BCUT2D eigenvalue weighted by atomic mass is 16.5. The van der Waals surface area contributed by atoms with E-state index in [4.69, 9.17) is 4.74 Å². The normalized spacial score (nSPS) is 30.1. The zero-order chi connectivity index (χ0) is 14.8. The molecule has 0 aromatic heterocycles. The molecule has 4 heteroatoms. The fraction of sp³-hybridized carbons (Fsp3) is 0.588. The summed E-state index contributed by atoms with van der Waals surface area (Å²) in [5.41, 5.74) is 1.18. The van der Waals surface area contributed by atoms with Crippen LogP contribution in [0, 0.1) is 0 Å². The molecule has 1 heterocycles. The van der Waals surface area contributed by atoms with Crippen LogP contribution in [0.4, 0.5) is 0 Å². The van der Waals surface area contributed by atoms with Gasteiger partial charge in [-0.15, -0.1) is 0 Å². The highest BCUT2D eigenvalue weighted by Gasteiger charge is 2.35. The van der Waals surface area contributed by atoms with Crippen molar-refractivity contribution < 1.29 is 9.53 Å². The molecular formula is C17H24N2O2. The first kappa shape index (κ1) is 14.5. The molecule has 1 saturated carbocycles. The Kier molecular flexibility index (Phi) is 4.27. The summed E-state index contributed by atoms with van der Waals surface area (Å²) >= 11 is 0. The lowest BCUT2D eigenvalue weighted by atomic mass is 9.98. The predicted octanol–water partition coefficient (Wildman–Crippen LogP) is 2.12. The van der Waals surface area contributed by atoms with E-state index < -0.39 is 0 Å². The van der Waals surface area contributed by atoms with E-state index in [1.54, 1.807) is 0 Å². The van der Waals surface area contributed by atoms with Gasteiger partial charge in [-0.2, -0.15) is 0 Å². The minimum Gasteiger partial charge on any atom is -0.370 e. The van der Waals surface area contributed by atoms with E-state index in [-0.39, 0.29) is 24.1 Å². The van der Waals surface area contributed by atoms with Crippen molar-refractivity contribution in [3.63, 3.8) is 0 Å². The second kappa shape index (κ2) is 6.16. The van der Waals surface area contributed by atoms with Crippen molar-refractivity contribution in [3.8, 4) is 0 Å². The maximum Gasteiger partial charge on any atom is 0.234 e. The lowest BCUT2D eigenvalue weighted by Crippen LogP contribution is -2.54. The van der Waals surface area contributed by atoms with Gasteiger partial charge in [0.1, 0.15) is 0 Å². The number of morpholine rings is 1. The number of carbonyl (C=O) groups excluding carboxylic acids is 1. The van der Waals surface area contributed by atoms with Gasteiger partial charge in [0.15, 0.2) is 0 Å². The molecule has 114 valence electrons. The molecule has 1 saturated heterocycles. The number of rotatable bonds is 4. The number of ether oxygens (including phenoxy) is 1. The summed E-state index contributed by atoms with van der Waals surface area (Å²) in [6.07, 6.45) is 2.30. The molecule has 3 rings (SSSR count). The summed E-state index contributed by atoms with van der Waals surface area (Å²) < 4.78 is 6.02. The molecule has 2 aliphatic rings. The van der Waals surface area contributed by atoms with Gasteiger partial charge in [0.05, 0.1) is 19.3 Å². The Balaban J connectivity index is 1.67. The fourth-order valence-electron chi connectivity index (χ4n) is 3.04. The number of benzene rings is 1.